The van der Waals surface area contributed by atoms with E-state index in [0.717, 1.165) is 0 Å². The summed E-state index contributed by atoms with van der Waals surface area (Å²) in [7, 11) is 1.50. The Bertz CT molecular complexity index is 667. The molecule has 0 aliphatic rings. The van der Waals surface area contributed by atoms with E-state index in [0.29, 0.717) is 22.6 Å². The van der Waals surface area contributed by atoms with E-state index < -0.39 is 5.82 Å². The van der Waals surface area contributed by atoms with Gasteiger partial charge in [0.25, 0.3) is 0 Å². The number of hydrogen-bond acceptors (Lipinski definition) is 3. The van der Waals surface area contributed by atoms with Gasteiger partial charge in [-0.3, -0.25) is 0 Å². The molecule has 2 aromatic carbocycles. The second-order valence-corrected chi connectivity index (χ2v) is 4.39. The number of rotatable bonds is 4. The summed E-state index contributed by atoms with van der Waals surface area (Å²) in [6.45, 7) is 0.106. The van der Waals surface area contributed by atoms with Crippen LogP contribution in [0.2, 0.25) is 5.02 Å². The summed E-state index contributed by atoms with van der Waals surface area (Å²) in [5.74, 6) is 0.488. The van der Waals surface area contributed by atoms with Gasteiger partial charge in [0.2, 0.25) is 0 Å². The first-order valence-corrected chi connectivity index (χ1v) is 6.16. The molecule has 0 aliphatic heterocycles. The first-order chi connectivity index (χ1) is 9.63. The van der Waals surface area contributed by atoms with Crippen LogP contribution in [0, 0.1) is 17.1 Å². The molecule has 3 nitrogen and oxygen atoms in total. The molecule has 102 valence electrons. The highest BCUT2D eigenvalue weighted by Gasteiger charge is 2.07. The van der Waals surface area contributed by atoms with Gasteiger partial charge in [-0.15, -0.1) is 0 Å². The van der Waals surface area contributed by atoms with Crippen molar-refractivity contribution < 1.29 is 13.9 Å². The molecule has 0 aliphatic carbocycles. The van der Waals surface area contributed by atoms with Crippen molar-refractivity contribution in [1.29, 1.82) is 5.26 Å². The number of ether oxygens (including phenoxy) is 2. The molecule has 2 rings (SSSR count). The van der Waals surface area contributed by atoms with Crippen molar-refractivity contribution in [3.63, 3.8) is 0 Å². The van der Waals surface area contributed by atoms with Gasteiger partial charge < -0.3 is 9.47 Å². The van der Waals surface area contributed by atoms with Crippen molar-refractivity contribution in [1.82, 2.24) is 0 Å². The predicted octanol–water partition coefficient (Wildman–Crippen LogP) is 3.94. The Balaban J connectivity index is 2.19. The molecule has 0 bridgehead atoms. The normalized spacial score (nSPS) is 9.90. The van der Waals surface area contributed by atoms with E-state index >= 15 is 0 Å². The topological polar surface area (TPSA) is 42.2 Å². The average molecular weight is 292 g/mol. The van der Waals surface area contributed by atoms with Crippen molar-refractivity contribution >= 4 is 11.6 Å². The van der Waals surface area contributed by atoms with E-state index in [9.17, 15) is 4.39 Å². The molecule has 0 unspecified atom stereocenters. The van der Waals surface area contributed by atoms with Crippen LogP contribution in [0.5, 0.6) is 11.5 Å². The van der Waals surface area contributed by atoms with Gasteiger partial charge >= 0.3 is 0 Å². The Morgan fingerprint density at radius 3 is 2.70 bits per heavy atom. The lowest BCUT2D eigenvalue weighted by Gasteiger charge is -2.10. The minimum atomic E-state index is -0.490. The number of nitrogens with zero attached hydrogens (tertiary/aromatic N) is 1. The van der Waals surface area contributed by atoms with Crippen LogP contribution in [-0.2, 0) is 6.61 Å². The molecule has 0 saturated carbocycles. The summed E-state index contributed by atoms with van der Waals surface area (Å²) in [6.07, 6.45) is 0. The van der Waals surface area contributed by atoms with Crippen molar-refractivity contribution in [3.8, 4) is 17.6 Å². The van der Waals surface area contributed by atoms with Crippen LogP contribution in [0.15, 0.2) is 36.4 Å². The zero-order valence-electron chi connectivity index (χ0n) is 10.7. The standard InChI is InChI=1S/C15H11ClFNO2/c1-19-12-5-10(8-18)6-13(7-12)20-9-11-3-2-4-14(17)15(11)16/h2-7H,9H2,1H3. The highest BCUT2D eigenvalue weighted by atomic mass is 35.5. The third-order valence-corrected chi connectivity index (χ3v) is 3.09. The summed E-state index contributed by atoms with van der Waals surface area (Å²) in [5, 5.41) is 8.95. The Labute approximate surface area is 121 Å². The maximum Gasteiger partial charge on any atom is 0.142 e. The van der Waals surface area contributed by atoms with Gasteiger partial charge in [-0.1, -0.05) is 23.7 Å². The van der Waals surface area contributed by atoms with Crippen LogP contribution in [0.25, 0.3) is 0 Å². The smallest absolute Gasteiger partial charge is 0.142 e. The molecular weight excluding hydrogens is 281 g/mol. The first-order valence-electron chi connectivity index (χ1n) is 5.79. The zero-order chi connectivity index (χ0) is 14.5. The Morgan fingerprint density at radius 2 is 2.00 bits per heavy atom. The van der Waals surface area contributed by atoms with E-state index in [1.165, 1.54) is 13.2 Å². The molecule has 0 fully saturated rings. The van der Waals surface area contributed by atoms with Gasteiger partial charge in [0.1, 0.15) is 23.9 Å². The van der Waals surface area contributed by atoms with Gasteiger partial charge in [0.05, 0.1) is 23.8 Å². The van der Waals surface area contributed by atoms with Gasteiger partial charge in [-0.2, -0.15) is 5.26 Å². The second-order valence-electron chi connectivity index (χ2n) is 4.01. The fourth-order valence-electron chi connectivity index (χ4n) is 1.66. The highest BCUT2D eigenvalue weighted by Crippen LogP contribution is 2.25. The van der Waals surface area contributed by atoms with Crippen LogP contribution in [-0.4, -0.2) is 7.11 Å². The van der Waals surface area contributed by atoms with E-state index in [1.54, 1.807) is 30.3 Å². The van der Waals surface area contributed by atoms with E-state index in [4.69, 9.17) is 26.3 Å². The number of halogens is 2. The van der Waals surface area contributed by atoms with Gasteiger partial charge in [-0.05, 0) is 18.2 Å². The first kappa shape index (κ1) is 14.2. The average Bonchev–Trinajstić information content (AvgIpc) is 2.48. The van der Waals surface area contributed by atoms with Gasteiger partial charge in [0, 0.05) is 11.6 Å². The molecule has 0 aromatic heterocycles. The van der Waals surface area contributed by atoms with Crippen molar-refractivity contribution in [2.24, 2.45) is 0 Å². The van der Waals surface area contributed by atoms with E-state index in [2.05, 4.69) is 0 Å². The summed E-state index contributed by atoms with van der Waals surface area (Å²) in [5.41, 5.74) is 0.956. The monoisotopic (exact) mass is 291 g/mol. The van der Waals surface area contributed by atoms with Crippen molar-refractivity contribution in [2.45, 2.75) is 6.61 Å². The minimum Gasteiger partial charge on any atom is -0.497 e. The number of nitriles is 1. The highest BCUT2D eigenvalue weighted by molar-refractivity contribution is 6.31. The summed E-state index contributed by atoms with van der Waals surface area (Å²) < 4.78 is 23.9. The summed E-state index contributed by atoms with van der Waals surface area (Å²) in [6, 6.07) is 11.4. The van der Waals surface area contributed by atoms with Crippen molar-refractivity contribution in [3.05, 3.63) is 58.4 Å². The Hall–Kier alpha value is -2.25. The zero-order valence-corrected chi connectivity index (χ0v) is 11.4. The van der Waals surface area contributed by atoms with Crippen LogP contribution in [0.1, 0.15) is 11.1 Å². The maximum absolute atomic E-state index is 13.3. The molecule has 0 atom stereocenters. The molecule has 0 N–H and O–H groups in total. The quantitative estimate of drug-likeness (QED) is 0.857. The molecule has 2 aromatic rings. The van der Waals surface area contributed by atoms with Crippen LogP contribution >= 0.6 is 11.6 Å². The van der Waals surface area contributed by atoms with Crippen LogP contribution in [0.4, 0.5) is 4.39 Å². The molecular formula is C15H11ClFNO2. The lowest BCUT2D eigenvalue weighted by atomic mass is 10.2. The minimum absolute atomic E-state index is 0.0379. The fourth-order valence-corrected chi connectivity index (χ4v) is 1.84. The Kier molecular flexibility index (Phi) is 4.44. The SMILES string of the molecule is COc1cc(C#N)cc(OCc2cccc(F)c2Cl)c1. The summed E-state index contributed by atoms with van der Waals surface area (Å²) >= 11 is 5.84. The molecule has 5 heteroatoms. The molecule has 0 heterocycles. The Morgan fingerprint density at radius 1 is 1.25 bits per heavy atom. The van der Waals surface area contributed by atoms with Crippen molar-refractivity contribution in [2.75, 3.05) is 7.11 Å². The predicted molar refractivity (Wildman–Crippen MR) is 73.5 cm³/mol. The fraction of sp³-hybridized carbons (Fsp3) is 0.133. The molecule has 0 spiro atoms. The molecule has 0 radical (unpaired) electrons. The van der Waals surface area contributed by atoms with E-state index in [-0.39, 0.29) is 11.6 Å². The molecule has 0 saturated heterocycles. The third kappa shape index (κ3) is 3.19. The lowest BCUT2D eigenvalue weighted by Crippen LogP contribution is -1.98. The number of benzene rings is 2. The number of methoxy groups -OCH3 is 1. The van der Waals surface area contributed by atoms with Gasteiger partial charge in [0.15, 0.2) is 0 Å². The van der Waals surface area contributed by atoms with Crippen LogP contribution in [0.3, 0.4) is 0 Å². The van der Waals surface area contributed by atoms with E-state index in [1.807, 2.05) is 6.07 Å². The molecule has 20 heavy (non-hydrogen) atoms. The summed E-state index contributed by atoms with van der Waals surface area (Å²) in [4.78, 5) is 0. The largest absolute Gasteiger partial charge is 0.497 e. The van der Waals surface area contributed by atoms with Crippen LogP contribution < -0.4 is 9.47 Å². The molecule has 0 amide bonds. The second kappa shape index (κ2) is 6.27. The lowest BCUT2D eigenvalue weighted by molar-refractivity contribution is 0.303. The maximum atomic E-state index is 13.3. The number of hydrogen-bond donors (Lipinski definition) is 0. The van der Waals surface area contributed by atoms with Gasteiger partial charge in [-0.25, -0.2) is 4.39 Å². The third-order valence-electron chi connectivity index (χ3n) is 2.67.